The molecule has 98 valence electrons. The Kier molecular flexibility index (Phi) is 4.09. The number of nitrogens with one attached hydrogen (secondary N) is 2. The van der Waals surface area contributed by atoms with E-state index in [1.807, 2.05) is 25.1 Å². The molecule has 0 bridgehead atoms. The summed E-state index contributed by atoms with van der Waals surface area (Å²) in [5, 5.41) is 6.73. The number of halogens is 1. The van der Waals surface area contributed by atoms with Crippen LogP contribution in [0.1, 0.15) is 12.5 Å². The van der Waals surface area contributed by atoms with Crippen molar-refractivity contribution in [3.8, 4) is 0 Å². The second-order valence-electron chi connectivity index (χ2n) is 4.71. The van der Waals surface area contributed by atoms with E-state index in [-0.39, 0.29) is 6.03 Å². The molecule has 2 amide bonds. The van der Waals surface area contributed by atoms with Crippen LogP contribution >= 0.6 is 11.6 Å². The maximum absolute atomic E-state index is 12.1. The molecule has 1 aliphatic heterocycles. The number of piperazine rings is 1. The van der Waals surface area contributed by atoms with Gasteiger partial charge in [-0.2, -0.15) is 0 Å². The van der Waals surface area contributed by atoms with Gasteiger partial charge in [-0.3, -0.25) is 0 Å². The van der Waals surface area contributed by atoms with Gasteiger partial charge in [-0.1, -0.05) is 17.7 Å². The Labute approximate surface area is 112 Å². The quantitative estimate of drug-likeness (QED) is 0.821. The van der Waals surface area contributed by atoms with Crippen molar-refractivity contribution in [3.63, 3.8) is 0 Å². The monoisotopic (exact) mass is 267 g/mol. The number of carbonyl (C=O) groups is 1. The summed E-state index contributed by atoms with van der Waals surface area (Å²) in [4.78, 5) is 13.9. The predicted molar refractivity (Wildman–Crippen MR) is 74.2 cm³/mol. The number of urea groups is 1. The van der Waals surface area contributed by atoms with Crippen molar-refractivity contribution in [3.05, 3.63) is 28.8 Å². The van der Waals surface area contributed by atoms with E-state index in [4.69, 9.17) is 11.6 Å². The lowest BCUT2D eigenvalue weighted by molar-refractivity contribution is 0.192. The molecule has 0 spiro atoms. The fourth-order valence-electron chi connectivity index (χ4n) is 2.03. The fourth-order valence-corrected chi connectivity index (χ4v) is 2.31. The number of hydrogen-bond donors (Lipinski definition) is 2. The number of aryl methyl sites for hydroxylation is 1. The number of anilines is 1. The van der Waals surface area contributed by atoms with Gasteiger partial charge >= 0.3 is 6.03 Å². The zero-order chi connectivity index (χ0) is 13.1. The maximum Gasteiger partial charge on any atom is 0.321 e. The van der Waals surface area contributed by atoms with E-state index in [2.05, 4.69) is 17.6 Å². The molecular weight excluding hydrogens is 250 g/mol. The zero-order valence-corrected chi connectivity index (χ0v) is 11.4. The fraction of sp³-hybridized carbons (Fsp3) is 0.462. The van der Waals surface area contributed by atoms with Gasteiger partial charge in [0.15, 0.2) is 0 Å². The first-order valence-corrected chi connectivity index (χ1v) is 6.49. The normalized spacial score (nSPS) is 19.7. The Bertz CT molecular complexity index is 450. The van der Waals surface area contributed by atoms with Crippen LogP contribution < -0.4 is 10.6 Å². The van der Waals surface area contributed by atoms with Crippen LogP contribution in [0.3, 0.4) is 0 Å². The van der Waals surface area contributed by atoms with Gasteiger partial charge < -0.3 is 15.5 Å². The van der Waals surface area contributed by atoms with Crippen LogP contribution in [0.5, 0.6) is 0 Å². The third-order valence-corrected chi connectivity index (χ3v) is 3.33. The maximum atomic E-state index is 12.1. The van der Waals surface area contributed by atoms with E-state index in [9.17, 15) is 4.79 Å². The van der Waals surface area contributed by atoms with Crippen molar-refractivity contribution in [2.45, 2.75) is 19.9 Å². The van der Waals surface area contributed by atoms with Crippen molar-refractivity contribution in [2.24, 2.45) is 0 Å². The Morgan fingerprint density at radius 1 is 1.56 bits per heavy atom. The van der Waals surface area contributed by atoms with Gasteiger partial charge in [0.05, 0.1) is 10.7 Å². The molecular formula is C13H18ClN3O. The molecule has 0 radical (unpaired) electrons. The molecule has 1 aromatic rings. The topological polar surface area (TPSA) is 44.4 Å². The Morgan fingerprint density at radius 2 is 2.33 bits per heavy atom. The molecule has 2 rings (SSSR count). The molecule has 0 aromatic heterocycles. The van der Waals surface area contributed by atoms with Crippen LogP contribution in [-0.4, -0.2) is 36.6 Å². The lowest BCUT2D eigenvalue weighted by Crippen LogP contribution is -2.52. The van der Waals surface area contributed by atoms with Gasteiger partial charge in [-0.25, -0.2) is 4.79 Å². The third kappa shape index (κ3) is 3.15. The minimum atomic E-state index is -0.0888. The number of benzene rings is 1. The number of nitrogens with zero attached hydrogens (tertiary/aromatic N) is 1. The summed E-state index contributed by atoms with van der Waals surface area (Å²) >= 11 is 6.10. The number of hydrogen-bond acceptors (Lipinski definition) is 2. The van der Waals surface area contributed by atoms with Gasteiger partial charge in [-0.15, -0.1) is 0 Å². The molecule has 18 heavy (non-hydrogen) atoms. The van der Waals surface area contributed by atoms with E-state index in [0.717, 1.165) is 25.2 Å². The highest BCUT2D eigenvalue weighted by Crippen LogP contribution is 2.23. The van der Waals surface area contributed by atoms with Crippen molar-refractivity contribution in [1.29, 1.82) is 0 Å². The SMILES string of the molecule is Cc1ccc(NC(=O)N2CCNC(C)C2)c(Cl)c1. The Hall–Kier alpha value is -1.26. The second kappa shape index (κ2) is 5.59. The summed E-state index contributed by atoms with van der Waals surface area (Å²) in [6.07, 6.45) is 0. The van der Waals surface area contributed by atoms with E-state index in [1.165, 1.54) is 0 Å². The highest BCUT2D eigenvalue weighted by Gasteiger charge is 2.20. The average molecular weight is 268 g/mol. The summed E-state index contributed by atoms with van der Waals surface area (Å²) in [6, 6.07) is 5.85. The van der Waals surface area contributed by atoms with Crippen LogP contribution in [0.25, 0.3) is 0 Å². The van der Waals surface area contributed by atoms with Gasteiger partial charge in [0.1, 0.15) is 0 Å². The molecule has 5 heteroatoms. The summed E-state index contributed by atoms with van der Waals surface area (Å²) < 4.78 is 0. The molecule has 1 aromatic carbocycles. The molecule has 1 aliphatic rings. The lowest BCUT2D eigenvalue weighted by atomic mass is 10.2. The van der Waals surface area contributed by atoms with Crippen molar-refractivity contribution in [2.75, 3.05) is 25.0 Å². The highest BCUT2D eigenvalue weighted by molar-refractivity contribution is 6.33. The van der Waals surface area contributed by atoms with Crippen molar-refractivity contribution in [1.82, 2.24) is 10.2 Å². The first kappa shape index (κ1) is 13.2. The standard InChI is InChI=1S/C13H18ClN3O/c1-9-3-4-12(11(14)7-9)16-13(18)17-6-5-15-10(2)8-17/h3-4,7,10,15H,5-6,8H2,1-2H3,(H,16,18). The molecule has 1 fully saturated rings. The minimum absolute atomic E-state index is 0.0888. The van der Waals surface area contributed by atoms with Crippen molar-refractivity contribution < 1.29 is 4.79 Å². The lowest BCUT2D eigenvalue weighted by Gasteiger charge is -2.31. The molecule has 0 aliphatic carbocycles. The predicted octanol–water partition coefficient (Wildman–Crippen LogP) is 2.47. The van der Waals surface area contributed by atoms with E-state index in [1.54, 1.807) is 4.90 Å². The smallest absolute Gasteiger partial charge is 0.321 e. The van der Waals surface area contributed by atoms with Gasteiger partial charge in [0.2, 0.25) is 0 Å². The van der Waals surface area contributed by atoms with Crippen LogP contribution in [0, 0.1) is 6.92 Å². The first-order valence-electron chi connectivity index (χ1n) is 6.12. The number of rotatable bonds is 1. The summed E-state index contributed by atoms with van der Waals surface area (Å²) in [5.74, 6) is 0. The number of carbonyl (C=O) groups excluding carboxylic acids is 1. The van der Waals surface area contributed by atoms with Crippen molar-refractivity contribution >= 4 is 23.3 Å². The van der Waals surface area contributed by atoms with Gasteiger partial charge in [-0.05, 0) is 31.5 Å². The zero-order valence-electron chi connectivity index (χ0n) is 10.7. The highest BCUT2D eigenvalue weighted by atomic mass is 35.5. The molecule has 1 unspecified atom stereocenters. The van der Waals surface area contributed by atoms with E-state index < -0.39 is 0 Å². The Morgan fingerprint density at radius 3 is 3.00 bits per heavy atom. The van der Waals surface area contributed by atoms with E-state index in [0.29, 0.717) is 16.8 Å². The summed E-state index contributed by atoms with van der Waals surface area (Å²) in [7, 11) is 0. The largest absolute Gasteiger partial charge is 0.322 e. The molecule has 4 nitrogen and oxygen atoms in total. The summed E-state index contributed by atoms with van der Waals surface area (Å²) in [5.41, 5.74) is 1.74. The average Bonchev–Trinajstić information content (AvgIpc) is 2.32. The first-order chi connectivity index (χ1) is 8.56. The molecule has 0 saturated carbocycles. The van der Waals surface area contributed by atoms with Gasteiger partial charge in [0.25, 0.3) is 0 Å². The van der Waals surface area contributed by atoms with Crippen LogP contribution in [-0.2, 0) is 0 Å². The molecule has 2 N–H and O–H groups in total. The van der Waals surface area contributed by atoms with Crippen LogP contribution in [0.4, 0.5) is 10.5 Å². The van der Waals surface area contributed by atoms with Gasteiger partial charge in [0, 0.05) is 25.7 Å². The third-order valence-electron chi connectivity index (χ3n) is 3.02. The van der Waals surface area contributed by atoms with Crippen LogP contribution in [0.2, 0.25) is 5.02 Å². The Balaban J connectivity index is 2.02. The summed E-state index contributed by atoms with van der Waals surface area (Å²) in [6.45, 7) is 6.30. The number of amides is 2. The minimum Gasteiger partial charge on any atom is -0.322 e. The molecule has 1 saturated heterocycles. The molecule has 1 heterocycles. The van der Waals surface area contributed by atoms with E-state index >= 15 is 0 Å². The molecule has 1 atom stereocenters. The van der Waals surface area contributed by atoms with Crippen LogP contribution in [0.15, 0.2) is 18.2 Å². The second-order valence-corrected chi connectivity index (χ2v) is 5.12.